The lowest BCUT2D eigenvalue weighted by molar-refractivity contribution is 0.0694. The Labute approximate surface area is 111 Å². The highest BCUT2D eigenvalue weighted by atomic mass is 79.9. The van der Waals surface area contributed by atoms with Gasteiger partial charge in [0.05, 0.1) is 0 Å². The summed E-state index contributed by atoms with van der Waals surface area (Å²) >= 11 is 3.35. The fourth-order valence-corrected chi connectivity index (χ4v) is 1.96. The Morgan fingerprint density at radius 3 is 2.83 bits per heavy atom. The smallest absolute Gasteiger partial charge is 0.342 e. The highest BCUT2D eigenvalue weighted by Crippen LogP contribution is 2.13. The molecule has 0 unspecified atom stereocenters. The fourth-order valence-electron chi connectivity index (χ4n) is 1.51. The van der Waals surface area contributed by atoms with E-state index in [4.69, 9.17) is 5.11 Å². The maximum atomic E-state index is 11.5. The minimum atomic E-state index is -1.28. The molecule has 1 heterocycles. The number of nitrogens with zero attached hydrogens (tertiary/aromatic N) is 1. The molecule has 0 aliphatic carbocycles. The Kier molecular flexibility index (Phi) is 3.57. The second-order valence-corrected chi connectivity index (χ2v) is 4.60. The molecule has 1 aromatic heterocycles. The van der Waals surface area contributed by atoms with E-state index >= 15 is 0 Å². The van der Waals surface area contributed by atoms with Crippen molar-refractivity contribution in [3.63, 3.8) is 0 Å². The molecule has 6 heteroatoms. The largest absolute Gasteiger partial charge is 0.477 e. The molecule has 0 amide bonds. The number of aromatic amines is 1. The van der Waals surface area contributed by atoms with E-state index in [1.165, 1.54) is 0 Å². The van der Waals surface area contributed by atoms with Crippen molar-refractivity contribution in [3.05, 3.63) is 62.2 Å². The number of carboxylic acids is 1. The Morgan fingerprint density at radius 2 is 2.22 bits per heavy atom. The quantitative estimate of drug-likeness (QED) is 0.906. The van der Waals surface area contributed by atoms with Crippen molar-refractivity contribution < 1.29 is 9.90 Å². The van der Waals surface area contributed by atoms with Crippen LogP contribution in [0.2, 0.25) is 0 Å². The average molecular weight is 309 g/mol. The monoisotopic (exact) mass is 308 g/mol. The number of H-pyrrole nitrogens is 1. The van der Waals surface area contributed by atoms with Crippen LogP contribution < -0.4 is 5.56 Å². The molecule has 92 valence electrons. The maximum Gasteiger partial charge on any atom is 0.342 e. The van der Waals surface area contributed by atoms with Crippen molar-refractivity contribution in [1.82, 2.24) is 9.97 Å². The van der Waals surface area contributed by atoms with Crippen LogP contribution in [0, 0.1) is 0 Å². The Balaban J connectivity index is 2.28. The molecule has 0 aliphatic heterocycles. The molecule has 0 spiro atoms. The molecule has 2 rings (SSSR count). The van der Waals surface area contributed by atoms with Gasteiger partial charge in [-0.2, -0.15) is 0 Å². The zero-order valence-corrected chi connectivity index (χ0v) is 10.8. The summed E-state index contributed by atoms with van der Waals surface area (Å²) in [5.74, 6) is -0.846. The van der Waals surface area contributed by atoms with Crippen molar-refractivity contribution in [3.8, 4) is 0 Å². The number of halogens is 1. The van der Waals surface area contributed by atoms with Crippen molar-refractivity contribution >= 4 is 21.9 Å². The second kappa shape index (κ2) is 5.14. The van der Waals surface area contributed by atoms with E-state index in [9.17, 15) is 9.59 Å². The third kappa shape index (κ3) is 2.84. The molecule has 0 saturated carbocycles. The van der Waals surface area contributed by atoms with E-state index in [2.05, 4.69) is 25.9 Å². The molecule has 0 atom stereocenters. The van der Waals surface area contributed by atoms with Crippen LogP contribution in [0.5, 0.6) is 0 Å². The summed E-state index contributed by atoms with van der Waals surface area (Å²) in [7, 11) is 0. The predicted molar refractivity (Wildman–Crippen MR) is 68.8 cm³/mol. The topological polar surface area (TPSA) is 83.0 Å². The minimum Gasteiger partial charge on any atom is -0.477 e. The van der Waals surface area contributed by atoms with Gasteiger partial charge in [-0.1, -0.05) is 28.1 Å². The zero-order chi connectivity index (χ0) is 13.1. The Morgan fingerprint density at radius 1 is 1.44 bits per heavy atom. The van der Waals surface area contributed by atoms with Gasteiger partial charge in [0.25, 0.3) is 5.56 Å². The summed E-state index contributed by atoms with van der Waals surface area (Å²) in [6.07, 6.45) is 1.52. The first-order valence-corrected chi connectivity index (χ1v) is 5.91. The summed E-state index contributed by atoms with van der Waals surface area (Å²) in [5.41, 5.74) is -0.0221. The number of aromatic nitrogens is 2. The number of rotatable bonds is 3. The molecule has 0 bridgehead atoms. The van der Waals surface area contributed by atoms with E-state index in [0.717, 1.165) is 16.2 Å². The van der Waals surface area contributed by atoms with Crippen LogP contribution in [0.25, 0.3) is 0 Å². The van der Waals surface area contributed by atoms with Gasteiger partial charge in [0.1, 0.15) is 11.4 Å². The van der Waals surface area contributed by atoms with Crippen LogP contribution in [0.3, 0.4) is 0 Å². The lowest BCUT2D eigenvalue weighted by Crippen LogP contribution is -2.20. The van der Waals surface area contributed by atoms with Crippen LogP contribution in [0.1, 0.15) is 21.7 Å². The van der Waals surface area contributed by atoms with Gasteiger partial charge in [0.15, 0.2) is 0 Å². The van der Waals surface area contributed by atoms with Gasteiger partial charge in [-0.3, -0.25) is 4.79 Å². The summed E-state index contributed by atoms with van der Waals surface area (Å²) in [4.78, 5) is 28.5. The number of aromatic carboxylic acids is 1. The maximum absolute atomic E-state index is 11.5. The zero-order valence-electron chi connectivity index (χ0n) is 9.18. The Hall–Kier alpha value is -1.95. The van der Waals surface area contributed by atoms with Gasteiger partial charge in [-0.25, -0.2) is 9.78 Å². The normalized spacial score (nSPS) is 10.3. The summed E-state index contributed by atoms with van der Waals surface area (Å²) in [6.45, 7) is 0. The van der Waals surface area contributed by atoms with Gasteiger partial charge in [-0.15, -0.1) is 0 Å². The molecule has 1 aromatic carbocycles. The summed E-state index contributed by atoms with van der Waals surface area (Å²) in [6, 6.07) is 7.58. The molecule has 18 heavy (non-hydrogen) atoms. The lowest BCUT2D eigenvalue weighted by atomic mass is 10.1. The molecular formula is C12H9BrN2O3. The predicted octanol–water partition coefficient (Wildman–Crippen LogP) is 1.82. The molecular weight excluding hydrogens is 300 g/mol. The van der Waals surface area contributed by atoms with E-state index in [0.29, 0.717) is 12.2 Å². The number of carboxylic acid groups (broad SMARTS) is 1. The van der Waals surface area contributed by atoms with Crippen LogP contribution in [0.15, 0.2) is 39.7 Å². The van der Waals surface area contributed by atoms with Gasteiger partial charge in [0, 0.05) is 17.1 Å². The van der Waals surface area contributed by atoms with Crippen molar-refractivity contribution in [2.45, 2.75) is 6.42 Å². The molecule has 2 aromatic rings. The number of hydrogen-bond acceptors (Lipinski definition) is 3. The molecule has 0 radical (unpaired) electrons. The highest BCUT2D eigenvalue weighted by molar-refractivity contribution is 9.10. The van der Waals surface area contributed by atoms with Crippen LogP contribution in [-0.2, 0) is 6.42 Å². The van der Waals surface area contributed by atoms with Crippen molar-refractivity contribution in [2.24, 2.45) is 0 Å². The van der Waals surface area contributed by atoms with Crippen LogP contribution in [0.4, 0.5) is 0 Å². The van der Waals surface area contributed by atoms with Crippen molar-refractivity contribution in [2.75, 3.05) is 0 Å². The van der Waals surface area contributed by atoms with Gasteiger partial charge >= 0.3 is 5.97 Å². The van der Waals surface area contributed by atoms with Gasteiger partial charge < -0.3 is 10.1 Å². The van der Waals surface area contributed by atoms with Gasteiger partial charge in [-0.05, 0) is 17.7 Å². The minimum absolute atomic E-state index is 0.354. The summed E-state index contributed by atoms with van der Waals surface area (Å²) < 4.78 is 0.935. The number of benzene rings is 1. The molecule has 0 aliphatic rings. The Bertz CT molecular complexity index is 652. The lowest BCUT2D eigenvalue weighted by Gasteiger charge is -2.02. The average Bonchev–Trinajstić information content (AvgIpc) is 2.28. The fraction of sp³-hybridized carbons (Fsp3) is 0.0833. The SMILES string of the molecule is O=C(O)c1cnc(Cc2cccc(Br)c2)[nH]c1=O. The standard InChI is InChI=1S/C12H9BrN2O3/c13-8-3-1-2-7(4-8)5-10-14-6-9(12(17)18)11(16)15-10/h1-4,6H,5H2,(H,17,18)(H,14,15,16). The first-order valence-electron chi connectivity index (χ1n) is 5.12. The van der Waals surface area contributed by atoms with E-state index in [-0.39, 0.29) is 5.56 Å². The number of hydrogen-bond donors (Lipinski definition) is 2. The van der Waals surface area contributed by atoms with E-state index in [1.54, 1.807) is 0 Å². The molecule has 0 fully saturated rings. The first-order chi connectivity index (χ1) is 8.56. The summed E-state index contributed by atoms with van der Waals surface area (Å²) in [5, 5.41) is 8.72. The number of carbonyl (C=O) groups is 1. The molecule has 2 N–H and O–H groups in total. The first kappa shape index (κ1) is 12.5. The van der Waals surface area contributed by atoms with E-state index < -0.39 is 11.5 Å². The second-order valence-electron chi connectivity index (χ2n) is 3.68. The van der Waals surface area contributed by atoms with Crippen LogP contribution >= 0.6 is 15.9 Å². The van der Waals surface area contributed by atoms with Crippen molar-refractivity contribution in [1.29, 1.82) is 0 Å². The van der Waals surface area contributed by atoms with E-state index in [1.807, 2.05) is 24.3 Å². The molecule has 0 saturated heterocycles. The number of nitrogens with one attached hydrogen (secondary N) is 1. The van der Waals surface area contributed by atoms with Gasteiger partial charge in [0.2, 0.25) is 0 Å². The van der Waals surface area contributed by atoms with Crippen LogP contribution in [-0.4, -0.2) is 21.0 Å². The third-order valence-electron chi connectivity index (χ3n) is 2.34. The third-order valence-corrected chi connectivity index (χ3v) is 2.84. The molecule has 5 nitrogen and oxygen atoms in total. The highest BCUT2D eigenvalue weighted by Gasteiger charge is 2.09.